The van der Waals surface area contributed by atoms with Crippen LogP contribution in [0.15, 0.2) is 89.3 Å². The van der Waals surface area contributed by atoms with Crippen LogP contribution in [0, 0.1) is 0 Å². The minimum Gasteiger partial charge on any atom is -0.493 e. The van der Waals surface area contributed by atoms with Crippen molar-refractivity contribution in [2.24, 2.45) is 0 Å². The number of thiocarbonyl (C=S) groups is 1. The third kappa shape index (κ3) is 6.31. The quantitative estimate of drug-likeness (QED) is 0.193. The monoisotopic (exact) mass is 577 g/mol. The van der Waals surface area contributed by atoms with Crippen molar-refractivity contribution < 1.29 is 18.7 Å². The summed E-state index contributed by atoms with van der Waals surface area (Å²) in [6, 6.07) is 24.9. The molecule has 0 radical (unpaired) electrons. The van der Waals surface area contributed by atoms with Gasteiger partial charge >= 0.3 is 0 Å². The fourth-order valence-corrected chi connectivity index (χ4v) is 4.32. The summed E-state index contributed by atoms with van der Waals surface area (Å²) < 4.78 is 17.1. The number of carbonyl (C=O) groups excluding carboxylic acids is 1. The lowest BCUT2D eigenvalue weighted by Gasteiger charge is -2.13. The molecule has 5 rings (SSSR count). The molecule has 0 aliphatic heterocycles. The largest absolute Gasteiger partial charge is 0.493 e. The molecular formula is C29H21Cl2N3O4S. The fraction of sp³-hybridized carbons (Fsp3) is 0.0690. The number of hydrogen-bond donors (Lipinski definition) is 2. The molecule has 1 aromatic heterocycles. The van der Waals surface area contributed by atoms with Crippen LogP contribution < -0.4 is 20.1 Å². The SMILES string of the molecule is COc1cc(C(=O)NC(=S)Nc2ccc3oc(-c4ccccc4Cl)nc3c2)ccc1OCc1ccc(Cl)cc1. The molecule has 39 heavy (non-hydrogen) atoms. The van der Waals surface area contributed by atoms with E-state index in [2.05, 4.69) is 15.6 Å². The maximum Gasteiger partial charge on any atom is 0.257 e. The van der Waals surface area contributed by atoms with Crippen LogP contribution in [0.4, 0.5) is 5.69 Å². The standard InChI is InChI=1S/C29H21Cl2N3O4S/c1-36-26-14-18(8-12-25(26)37-16-17-6-9-19(30)10-7-17)27(35)34-29(39)32-20-11-13-24-23(15-20)33-28(38-24)21-4-2-3-5-22(21)31/h2-15H,16H2,1H3,(H2,32,34,35,39). The number of nitrogens with one attached hydrogen (secondary N) is 2. The lowest BCUT2D eigenvalue weighted by Crippen LogP contribution is -2.34. The van der Waals surface area contributed by atoms with Gasteiger partial charge in [0.05, 0.1) is 17.7 Å². The van der Waals surface area contributed by atoms with E-state index in [1.807, 2.05) is 30.3 Å². The molecule has 1 amide bonds. The van der Waals surface area contributed by atoms with Crippen molar-refractivity contribution in [3.8, 4) is 23.0 Å². The summed E-state index contributed by atoms with van der Waals surface area (Å²) >= 11 is 17.6. The van der Waals surface area contributed by atoms with E-state index in [-0.39, 0.29) is 5.11 Å². The van der Waals surface area contributed by atoms with Crippen LogP contribution in [0.3, 0.4) is 0 Å². The molecule has 10 heteroatoms. The van der Waals surface area contributed by atoms with Gasteiger partial charge in [-0.3, -0.25) is 10.1 Å². The summed E-state index contributed by atoms with van der Waals surface area (Å²) in [4.78, 5) is 17.4. The van der Waals surface area contributed by atoms with E-state index >= 15 is 0 Å². The fourth-order valence-electron chi connectivity index (χ4n) is 3.76. The Morgan fingerprint density at radius 2 is 1.77 bits per heavy atom. The van der Waals surface area contributed by atoms with Crippen molar-refractivity contribution in [1.29, 1.82) is 0 Å². The lowest BCUT2D eigenvalue weighted by molar-refractivity contribution is 0.0977. The van der Waals surface area contributed by atoms with Crippen LogP contribution in [0.5, 0.6) is 11.5 Å². The first-order chi connectivity index (χ1) is 18.9. The topological polar surface area (TPSA) is 85.6 Å². The number of anilines is 1. The van der Waals surface area contributed by atoms with Crippen molar-refractivity contribution in [3.63, 3.8) is 0 Å². The zero-order chi connectivity index (χ0) is 27.4. The molecule has 7 nitrogen and oxygen atoms in total. The van der Waals surface area contributed by atoms with Crippen molar-refractivity contribution in [2.75, 3.05) is 12.4 Å². The zero-order valence-corrected chi connectivity index (χ0v) is 22.9. The van der Waals surface area contributed by atoms with Crippen molar-refractivity contribution in [2.45, 2.75) is 6.61 Å². The molecule has 0 saturated heterocycles. The van der Waals surface area contributed by atoms with Crippen LogP contribution in [-0.2, 0) is 6.61 Å². The van der Waals surface area contributed by atoms with E-state index in [9.17, 15) is 4.79 Å². The Hall–Kier alpha value is -4.11. The highest BCUT2D eigenvalue weighted by atomic mass is 35.5. The third-order valence-electron chi connectivity index (χ3n) is 5.71. The number of nitrogens with zero attached hydrogens (tertiary/aromatic N) is 1. The van der Waals surface area contributed by atoms with Crippen LogP contribution in [0.25, 0.3) is 22.6 Å². The second kappa shape index (κ2) is 11.7. The molecule has 4 aromatic carbocycles. The molecule has 1 heterocycles. The molecule has 196 valence electrons. The van der Waals surface area contributed by atoms with Gasteiger partial charge in [-0.15, -0.1) is 0 Å². The molecule has 0 bridgehead atoms. The van der Waals surface area contributed by atoms with Gasteiger partial charge in [0.2, 0.25) is 5.89 Å². The summed E-state index contributed by atoms with van der Waals surface area (Å²) in [5.74, 6) is 0.930. The van der Waals surface area contributed by atoms with Gasteiger partial charge in [-0.05, 0) is 78.4 Å². The summed E-state index contributed by atoms with van der Waals surface area (Å²) in [7, 11) is 1.51. The minimum atomic E-state index is -0.404. The van der Waals surface area contributed by atoms with Crippen LogP contribution in [0.1, 0.15) is 15.9 Å². The number of rotatable bonds is 7. The summed E-state index contributed by atoms with van der Waals surface area (Å²) in [6.45, 7) is 0.322. The molecule has 2 N–H and O–H groups in total. The molecule has 0 atom stereocenters. The van der Waals surface area contributed by atoms with Crippen molar-refractivity contribution in [1.82, 2.24) is 10.3 Å². The van der Waals surface area contributed by atoms with Gasteiger partial charge in [-0.25, -0.2) is 4.98 Å². The van der Waals surface area contributed by atoms with E-state index in [0.29, 0.717) is 62.0 Å². The van der Waals surface area contributed by atoms with Gasteiger partial charge in [0.25, 0.3) is 5.91 Å². The molecule has 0 saturated carbocycles. The van der Waals surface area contributed by atoms with E-state index in [0.717, 1.165) is 5.56 Å². The second-order valence-electron chi connectivity index (χ2n) is 8.37. The van der Waals surface area contributed by atoms with Gasteiger partial charge in [0.1, 0.15) is 12.1 Å². The molecule has 0 unspecified atom stereocenters. The number of oxazole rings is 1. The Bertz CT molecular complexity index is 1670. The first-order valence-corrected chi connectivity index (χ1v) is 12.9. The van der Waals surface area contributed by atoms with E-state index in [1.165, 1.54) is 7.11 Å². The molecule has 0 fully saturated rings. The van der Waals surface area contributed by atoms with Gasteiger partial charge in [0, 0.05) is 16.3 Å². The normalized spacial score (nSPS) is 10.7. The van der Waals surface area contributed by atoms with Gasteiger partial charge in [-0.2, -0.15) is 0 Å². The molecular weight excluding hydrogens is 557 g/mol. The molecule has 5 aromatic rings. The first-order valence-electron chi connectivity index (χ1n) is 11.7. The molecule has 0 aliphatic rings. The first kappa shape index (κ1) is 26.5. The maximum absolute atomic E-state index is 12.9. The number of benzene rings is 4. The number of ether oxygens (including phenoxy) is 2. The number of aromatic nitrogens is 1. The Morgan fingerprint density at radius 1 is 0.974 bits per heavy atom. The third-order valence-corrected chi connectivity index (χ3v) is 6.50. The van der Waals surface area contributed by atoms with Crippen molar-refractivity contribution >= 4 is 63.2 Å². The number of fused-ring (bicyclic) bond motifs is 1. The number of halogens is 2. The molecule has 0 aliphatic carbocycles. The highest BCUT2D eigenvalue weighted by Crippen LogP contribution is 2.31. The highest BCUT2D eigenvalue weighted by Gasteiger charge is 2.15. The van der Waals surface area contributed by atoms with Crippen LogP contribution in [0.2, 0.25) is 10.0 Å². The zero-order valence-electron chi connectivity index (χ0n) is 20.5. The van der Waals surface area contributed by atoms with Crippen molar-refractivity contribution in [3.05, 3.63) is 106 Å². The summed E-state index contributed by atoms with van der Waals surface area (Å²) in [5.41, 5.74) is 3.84. The number of carbonyl (C=O) groups is 1. The highest BCUT2D eigenvalue weighted by molar-refractivity contribution is 7.80. The molecule has 0 spiro atoms. The van der Waals surface area contributed by atoms with Crippen LogP contribution in [-0.4, -0.2) is 23.1 Å². The summed E-state index contributed by atoms with van der Waals surface area (Å²) in [6.07, 6.45) is 0. The number of amides is 1. The minimum absolute atomic E-state index is 0.121. The van der Waals surface area contributed by atoms with E-state index < -0.39 is 5.91 Å². The Labute approximate surface area is 239 Å². The Balaban J connectivity index is 1.23. The summed E-state index contributed by atoms with van der Waals surface area (Å²) in [5, 5.41) is 7.00. The van der Waals surface area contributed by atoms with E-state index in [1.54, 1.807) is 54.6 Å². The van der Waals surface area contributed by atoms with Gasteiger partial charge in [-0.1, -0.05) is 47.5 Å². The van der Waals surface area contributed by atoms with Gasteiger partial charge < -0.3 is 19.2 Å². The lowest BCUT2D eigenvalue weighted by atomic mass is 10.2. The maximum atomic E-state index is 12.9. The number of methoxy groups -OCH3 is 1. The smallest absolute Gasteiger partial charge is 0.257 e. The predicted molar refractivity (Wildman–Crippen MR) is 157 cm³/mol. The van der Waals surface area contributed by atoms with Gasteiger partial charge in [0.15, 0.2) is 22.2 Å². The Kier molecular flexibility index (Phi) is 7.97. The average Bonchev–Trinajstić information content (AvgIpc) is 3.36. The van der Waals surface area contributed by atoms with E-state index in [4.69, 9.17) is 49.3 Å². The second-order valence-corrected chi connectivity index (χ2v) is 9.62. The number of hydrogen-bond acceptors (Lipinski definition) is 6. The Morgan fingerprint density at radius 3 is 2.54 bits per heavy atom. The predicted octanol–water partition coefficient (Wildman–Crippen LogP) is 7.52. The van der Waals surface area contributed by atoms with Crippen LogP contribution >= 0.6 is 35.4 Å². The average molecular weight is 578 g/mol.